The van der Waals surface area contributed by atoms with E-state index in [0.717, 1.165) is 12.8 Å². The van der Waals surface area contributed by atoms with Gasteiger partial charge < -0.3 is 10.1 Å². The molecule has 0 unspecified atom stereocenters. The Hall–Kier alpha value is -2.71. The van der Waals surface area contributed by atoms with Gasteiger partial charge in [0.1, 0.15) is 5.75 Å². The van der Waals surface area contributed by atoms with E-state index in [9.17, 15) is 18.0 Å². The second-order valence-electron chi connectivity index (χ2n) is 8.19. The lowest BCUT2D eigenvalue weighted by atomic mass is 10.0. The molecule has 1 aliphatic heterocycles. The molecule has 0 atom stereocenters. The summed E-state index contributed by atoms with van der Waals surface area (Å²) in [5.74, 6) is 1.04. The van der Waals surface area contributed by atoms with Crippen molar-refractivity contribution in [3.05, 3.63) is 54.1 Å². The number of Topliss-reactive ketones (excluding diaryl/α,β-unsaturated/α-hetero) is 1. The maximum atomic E-state index is 12.8. The first-order valence-corrected chi connectivity index (χ1v) is 12.3. The minimum absolute atomic E-state index is 0.0000168. The van der Waals surface area contributed by atoms with Gasteiger partial charge in [-0.05, 0) is 80.6 Å². The Bertz CT molecular complexity index is 1030. The van der Waals surface area contributed by atoms with Crippen molar-refractivity contribution < 1.29 is 22.7 Å². The Kier molecular flexibility index (Phi) is 8.04. The smallest absolute Gasteiger partial charge is 0.243 e. The van der Waals surface area contributed by atoms with Gasteiger partial charge >= 0.3 is 0 Å². The predicted molar refractivity (Wildman–Crippen MR) is 123 cm³/mol. The number of hydrogen-bond donors (Lipinski definition) is 1. The lowest BCUT2D eigenvalue weighted by Gasteiger charge is -2.29. The molecule has 1 N–H and O–H groups in total. The molecule has 172 valence electrons. The fourth-order valence-corrected chi connectivity index (χ4v) is 4.99. The van der Waals surface area contributed by atoms with E-state index in [1.54, 1.807) is 36.4 Å². The first kappa shape index (κ1) is 23.9. The highest BCUT2D eigenvalue weighted by Gasteiger charge is 2.27. The second-order valence-corrected chi connectivity index (χ2v) is 10.1. The zero-order valence-electron chi connectivity index (χ0n) is 18.5. The number of benzene rings is 2. The monoisotopic (exact) mass is 458 g/mol. The maximum Gasteiger partial charge on any atom is 0.243 e. The zero-order valence-corrected chi connectivity index (χ0v) is 19.4. The van der Waals surface area contributed by atoms with Crippen molar-refractivity contribution in [2.24, 2.45) is 5.92 Å². The van der Waals surface area contributed by atoms with Gasteiger partial charge in [-0.1, -0.05) is 6.92 Å². The molecule has 1 heterocycles. The molecule has 1 saturated heterocycles. The molecule has 0 saturated carbocycles. The van der Waals surface area contributed by atoms with Crippen LogP contribution in [-0.4, -0.2) is 44.1 Å². The Balaban J connectivity index is 1.43. The summed E-state index contributed by atoms with van der Waals surface area (Å²) in [6.07, 6.45) is 2.55. The Morgan fingerprint density at radius 3 is 2.25 bits per heavy atom. The van der Waals surface area contributed by atoms with Crippen molar-refractivity contribution in [3.8, 4) is 5.75 Å². The molecule has 1 aliphatic rings. The van der Waals surface area contributed by atoms with Gasteiger partial charge in [-0.25, -0.2) is 8.42 Å². The van der Waals surface area contributed by atoms with Crippen LogP contribution in [0.25, 0.3) is 0 Å². The van der Waals surface area contributed by atoms with Crippen LogP contribution in [0.3, 0.4) is 0 Å². The number of sulfonamides is 1. The number of nitrogens with one attached hydrogen (secondary N) is 1. The van der Waals surface area contributed by atoms with Crippen molar-refractivity contribution in [3.63, 3.8) is 0 Å². The molecule has 7 nitrogen and oxygen atoms in total. The van der Waals surface area contributed by atoms with Gasteiger partial charge in [0.15, 0.2) is 5.78 Å². The van der Waals surface area contributed by atoms with Crippen molar-refractivity contribution in [2.45, 2.75) is 44.4 Å². The molecular formula is C24H30N2O5S. The van der Waals surface area contributed by atoms with Crippen LogP contribution in [0.5, 0.6) is 5.75 Å². The predicted octanol–water partition coefficient (Wildman–Crippen LogP) is 4.11. The summed E-state index contributed by atoms with van der Waals surface area (Å²) in [5, 5.41) is 2.78. The third-order valence-electron chi connectivity index (χ3n) is 5.60. The van der Waals surface area contributed by atoms with Crippen LogP contribution in [0, 0.1) is 5.92 Å². The topological polar surface area (TPSA) is 92.8 Å². The van der Waals surface area contributed by atoms with Gasteiger partial charge in [-0.2, -0.15) is 4.31 Å². The highest BCUT2D eigenvalue weighted by Crippen LogP contribution is 2.24. The Labute approximate surface area is 189 Å². The zero-order chi connectivity index (χ0) is 23.1. The number of ketones is 1. The minimum atomic E-state index is -3.50. The van der Waals surface area contributed by atoms with Crippen LogP contribution in [0.4, 0.5) is 5.69 Å². The Morgan fingerprint density at radius 2 is 1.66 bits per heavy atom. The first-order valence-electron chi connectivity index (χ1n) is 10.9. The molecule has 8 heteroatoms. The third kappa shape index (κ3) is 6.40. The summed E-state index contributed by atoms with van der Waals surface area (Å²) < 4.78 is 32.7. The number of amides is 1. The van der Waals surface area contributed by atoms with Gasteiger partial charge in [-0.15, -0.1) is 0 Å². The number of anilines is 1. The van der Waals surface area contributed by atoms with E-state index in [-0.39, 0.29) is 23.0 Å². The van der Waals surface area contributed by atoms with Crippen molar-refractivity contribution in [2.75, 3.05) is 25.0 Å². The van der Waals surface area contributed by atoms with Gasteiger partial charge in [0.2, 0.25) is 15.9 Å². The number of carbonyl (C=O) groups excluding carboxylic acids is 2. The van der Waals surface area contributed by atoms with Gasteiger partial charge in [0.25, 0.3) is 0 Å². The molecule has 0 spiro atoms. The van der Waals surface area contributed by atoms with Crippen molar-refractivity contribution >= 4 is 27.4 Å². The molecule has 0 bridgehead atoms. The second kappa shape index (κ2) is 10.7. The summed E-state index contributed by atoms with van der Waals surface area (Å²) in [6.45, 7) is 5.12. The summed E-state index contributed by atoms with van der Waals surface area (Å²) in [6, 6.07) is 13.2. The number of nitrogens with zero attached hydrogens (tertiary/aromatic N) is 1. The number of carbonyl (C=O) groups is 2. The van der Waals surface area contributed by atoms with Crippen molar-refractivity contribution in [1.29, 1.82) is 0 Å². The number of piperidine rings is 1. The number of hydrogen-bond acceptors (Lipinski definition) is 5. The van der Waals surface area contributed by atoms with Crippen LogP contribution in [0.2, 0.25) is 0 Å². The first-order chi connectivity index (χ1) is 15.3. The van der Waals surface area contributed by atoms with E-state index in [4.69, 9.17) is 4.74 Å². The van der Waals surface area contributed by atoms with E-state index in [0.29, 0.717) is 49.0 Å². The Morgan fingerprint density at radius 1 is 1.03 bits per heavy atom. The molecule has 0 radical (unpaired) electrons. The van der Waals surface area contributed by atoms with Crippen LogP contribution < -0.4 is 10.1 Å². The van der Waals surface area contributed by atoms with E-state index < -0.39 is 10.0 Å². The molecule has 2 aromatic carbocycles. The fourth-order valence-electron chi connectivity index (χ4n) is 3.52. The van der Waals surface area contributed by atoms with E-state index >= 15 is 0 Å². The van der Waals surface area contributed by atoms with Crippen molar-refractivity contribution in [1.82, 2.24) is 4.31 Å². The van der Waals surface area contributed by atoms with Crippen LogP contribution >= 0.6 is 0 Å². The molecular weight excluding hydrogens is 428 g/mol. The average Bonchev–Trinajstić information content (AvgIpc) is 2.78. The molecule has 1 fully saturated rings. The van der Waals surface area contributed by atoms with Gasteiger partial charge in [-0.3, -0.25) is 9.59 Å². The highest BCUT2D eigenvalue weighted by molar-refractivity contribution is 7.89. The number of ether oxygens (including phenoxy) is 1. The van der Waals surface area contributed by atoms with E-state index in [1.807, 2.05) is 0 Å². The molecule has 1 amide bonds. The lowest BCUT2D eigenvalue weighted by Crippen LogP contribution is -2.37. The minimum Gasteiger partial charge on any atom is -0.494 e. The molecule has 0 aliphatic carbocycles. The lowest BCUT2D eigenvalue weighted by molar-refractivity contribution is -0.116. The van der Waals surface area contributed by atoms with Crippen LogP contribution in [0.1, 0.15) is 49.9 Å². The van der Waals surface area contributed by atoms with Gasteiger partial charge in [0.05, 0.1) is 11.5 Å². The standard InChI is InChI=1S/C24H30N2O5S/c1-18-13-15-26(16-14-18)32(29,30)23-11-7-21(8-12-23)25-24(28)4-3-17-31-22-9-5-20(6-10-22)19(2)27/h5-12,18H,3-4,13-17H2,1-2H3,(H,25,28). The van der Waals surface area contributed by atoms with E-state index in [2.05, 4.69) is 12.2 Å². The molecule has 32 heavy (non-hydrogen) atoms. The maximum absolute atomic E-state index is 12.8. The van der Waals surface area contributed by atoms with Crippen LogP contribution in [0.15, 0.2) is 53.4 Å². The quantitative estimate of drug-likeness (QED) is 0.451. The summed E-state index contributed by atoms with van der Waals surface area (Å²) in [7, 11) is -3.50. The highest BCUT2D eigenvalue weighted by atomic mass is 32.2. The molecule has 3 rings (SSSR count). The summed E-state index contributed by atoms with van der Waals surface area (Å²) >= 11 is 0. The largest absolute Gasteiger partial charge is 0.494 e. The summed E-state index contributed by atoms with van der Waals surface area (Å²) in [4.78, 5) is 23.7. The van der Waals surface area contributed by atoms with Crippen LogP contribution in [-0.2, 0) is 14.8 Å². The molecule has 2 aromatic rings. The van der Waals surface area contributed by atoms with E-state index in [1.165, 1.54) is 23.4 Å². The fraction of sp³-hybridized carbons (Fsp3) is 0.417. The van der Waals surface area contributed by atoms with Gasteiger partial charge in [0, 0.05) is 30.8 Å². The number of rotatable bonds is 9. The third-order valence-corrected chi connectivity index (χ3v) is 7.51. The molecule has 0 aromatic heterocycles. The summed E-state index contributed by atoms with van der Waals surface area (Å²) in [5.41, 5.74) is 1.18. The average molecular weight is 459 g/mol. The SMILES string of the molecule is CC(=O)c1ccc(OCCCC(=O)Nc2ccc(S(=O)(=O)N3CCC(C)CC3)cc2)cc1. The normalized spacial score (nSPS) is 15.3.